The summed E-state index contributed by atoms with van der Waals surface area (Å²) in [6.07, 6.45) is 5.39. The smallest absolute Gasteiger partial charge is 0.255 e. The van der Waals surface area contributed by atoms with E-state index in [4.69, 9.17) is 5.73 Å². The van der Waals surface area contributed by atoms with Gasteiger partial charge in [-0.2, -0.15) is 0 Å². The minimum atomic E-state index is -1.32. The van der Waals surface area contributed by atoms with Crippen molar-refractivity contribution in [1.82, 2.24) is 14.9 Å². The molecule has 1 aliphatic rings. The highest BCUT2D eigenvalue weighted by molar-refractivity contribution is 5.99. The summed E-state index contributed by atoms with van der Waals surface area (Å²) < 4.78 is 13.1. The van der Waals surface area contributed by atoms with E-state index in [0.717, 1.165) is 0 Å². The number of hydrogen-bond acceptors (Lipinski definition) is 4. The summed E-state index contributed by atoms with van der Waals surface area (Å²) >= 11 is 0. The van der Waals surface area contributed by atoms with Gasteiger partial charge in [0.05, 0.1) is 11.9 Å². The average Bonchev–Trinajstić information content (AvgIpc) is 3.02. The zero-order valence-corrected chi connectivity index (χ0v) is 12.3. The van der Waals surface area contributed by atoms with Gasteiger partial charge < -0.3 is 10.6 Å². The molecule has 0 spiro atoms. The van der Waals surface area contributed by atoms with Gasteiger partial charge in [0.2, 0.25) is 5.91 Å². The van der Waals surface area contributed by atoms with Crippen LogP contribution in [0.15, 0.2) is 42.9 Å². The van der Waals surface area contributed by atoms with Crippen molar-refractivity contribution in [1.29, 1.82) is 0 Å². The number of hydrogen-bond donors (Lipinski definition) is 1. The molecule has 2 aromatic rings. The van der Waals surface area contributed by atoms with Crippen molar-refractivity contribution < 1.29 is 14.0 Å². The van der Waals surface area contributed by atoms with Gasteiger partial charge in [-0.3, -0.25) is 19.6 Å². The van der Waals surface area contributed by atoms with Crippen LogP contribution < -0.4 is 5.73 Å². The van der Waals surface area contributed by atoms with Crippen LogP contribution in [0, 0.1) is 5.82 Å². The van der Waals surface area contributed by atoms with Gasteiger partial charge in [0, 0.05) is 24.5 Å². The van der Waals surface area contributed by atoms with E-state index in [2.05, 4.69) is 9.97 Å². The lowest BCUT2D eigenvalue weighted by Gasteiger charge is -2.35. The van der Waals surface area contributed by atoms with Gasteiger partial charge >= 0.3 is 0 Å². The maximum absolute atomic E-state index is 13.1. The van der Waals surface area contributed by atoms with Gasteiger partial charge in [-0.25, -0.2) is 4.39 Å². The van der Waals surface area contributed by atoms with Crippen molar-refractivity contribution in [3.05, 3.63) is 59.9 Å². The molecule has 0 bridgehead atoms. The fourth-order valence-corrected chi connectivity index (χ4v) is 3.00. The van der Waals surface area contributed by atoms with Crippen LogP contribution in [0.3, 0.4) is 0 Å². The largest absolute Gasteiger partial charge is 0.367 e. The van der Waals surface area contributed by atoms with Crippen LogP contribution in [0.1, 0.15) is 28.9 Å². The molecule has 1 fully saturated rings. The van der Waals surface area contributed by atoms with Crippen molar-refractivity contribution in [3.63, 3.8) is 0 Å². The van der Waals surface area contributed by atoms with Crippen LogP contribution in [0.25, 0.3) is 0 Å². The molecule has 0 aliphatic carbocycles. The molecule has 3 rings (SSSR count). The molecule has 1 aromatic carbocycles. The first-order valence-corrected chi connectivity index (χ1v) is 7.19. The number of carbonyl (C=O) groups is 2. The fourth-order valence-electron chi connectivity index (χ4n) is 3.00. The highest BCUT2D eigenvalue weighted by Gasteiger charge is 2.51. The molecule has 2 N–H and O–H groups in total. The molecule has 1 atom stereocenters. The third-order valence-corrected chi connectivity index (χ3v) is 4.11. The van der Waals surface area contributed by atoms with Crippen LogP contribution in [-0.4, -0.2) is 33.2 Å². The number of nitrogens with two attached hydrogens (primary N) is 1. The lowest BCUT2D eigenvalue weighted by atomic mass is 9.90. The second-order valence-corrected chi connectivity index (χ2v) is 5.38. The van der Waals surface area contributed by atoms with E-state index in [1.165, 1.54) is 47.8 Å². The van der Waals surface area contributed by atoms with Crippen LogP contribution in [0.5, 0.6) is 0 Å². The van der Waals surface area contributed by atoms with Gasteiger partial charge in [0.25, 0.3) is 5.91 Å². The number of rotatable bonds is 3. The predicted octanol–water partition coefficient (Wildman–Crippen LogP) is 1.23. The zero-order valence-electron chi connectivity index (χ0n) is 12.3. The summed E-state index contributed by atoms with van der Waals surface area (Å²) in [5.74, 6) is -1.46. The van der Waals surface area contributed by atoms with Gasteiger partial charge in [-0.15, -0.1) is 0 Å². The van der Waals surface area contributed by atoms with E-state index in [9.17, 15) is 14.0 Å². The van der Waals surface area contributed by atoms with E-state index in [1.807, 2.05) is 0 Å². The first-order valence-electron chi connectivity index (χ1n) is 7.19. The van der Waals surface area contributed by atoms with Crippen LogP contribution in [-0.2, 0) is 10.3 Å². The van der Waals surface area contributed by atoms with Crippen LogP contribution in [0.4, 0.5) is 4.39 Å². The number of benzene rings is 1. The van der Waals surface area contributed by atoms with Crippen molar-refractivity contribution in [2.45, 2.75) is 18.4 Å². The SMILES string of the molecule is NC(=O)C1(c2cnccn2)CCCN1C(=O)c1ccc(F)cc1. The first kappa shape index (κ1) is 15.1. The van der Waals surface area contributed by atoms with Crippen molar-refractivity contribution in [3.8, 4) is 0 Å². The Kier molecular flexibility index (Phi) is 3.77. The number of likely N-dealkylation sites (tertiary alicyclic amines) is 1. The molecular formula is C16H15FN4O2. The molecule has 1 unspecified atom stereocenters. The summed E-state index contributed by atoms with van der Waals surface area (Å²) in [4.78, 5) is 34.6. The van der Waals surface area contributed by atoms with Crippen molar-refractivity contribution in [2.24, 2.45) is 5.73 Å². The molecule has 1 aliphatic heterocycles. The number of nitrogens with zero attached hydrogens (tertiary/aromatic N) is 3. The predicted molar refractivity (Wildman–Crippen MR) is 79.6 cm³/mol. The van der Waals surface area contributed by atoms with E-state index in [1.54, 1.807) is 0 Å². The molecule has 1 aromatic heterocycles. The Morgan fingerprint density at radius 1 is 1.22 bits per heavy atom. The average molecular weight is 314 g/mol. The summed E-state index contributed by atoms with van der Waals surface area (Å²) in [5, 5.41) is 0. The van der Waals surface area contributed by atoms with E-state index in [0.29, 0.717) is 30.6 Å². The Morgan fingerprint density at radius 2 is 1.96 bits per heavy atom. The molecule has 0 saturated carbocycles. The van der Waals surface area contributed by atoms with Gasteiger partial charge in [0.1, 0.15) is 5.82 Å². The van der Waals surface area contributed by atoms with Gasteiger partial charge in [0.15, 0.2) is 5.54 Å². The van der Waals surface area contributed by atoms with Gasteiger partial charge in [-0.1, -0.05) is 0 Å². The van der Waals surface area contributed by atoms with E-state index in [-0.39, 0.29) is 5.91 Å². The fraction of sp³-hybridized carbons (Fsp3) is 0.250. The lowest BCUT2D eigenvalue weighted by molar-refractivity contribution is -0.128. The molecule has 118 valence electrons. The molecule has 0 radical (unpaired) electrons. The number of aromatic nitrogens is 2. The number of primary amides is 1. The molecule has 2 amide bonds. The normalized spacial score (nSPS) is 20.5. The molecular weight excluding hydrogens is 299 g/mol. The van der Waals surface area contributed by atoms with Crippen LogP contribution >= 0.6 is 0 Å². The maximum atomic E-state index is 13.1. The monoisotopic (exact) mass is 314 g/mol. The highest BCUT2D eigenvalue weighted by atomic mass is 19.1. The molecule has 23 heavy (non-hydrogen) atoms. The highest BCUT2D eigenvalue weighted by Crippen LogP contribution is 2.38. The number of amides is 2. The van der Waals surface area contributed by atoms with E-state index < -0.39 is 17.3 Å². The zero-order chi connectivity index (χ0) is 16.4. The summed E-state index contributed by atoms with van der Waals surface area (Å²) in [6, 6.07) is 5.19. The molecule has 7 heteroatoms. The van der Waals surface area contributed by atoms with Crippen LogP contribution in [0.2, 0.25) is 0 Å². The Morgan fingerprint density at radius 3 is 2.57 bits per heavy atom. The summed E-state index contributed by atoms with van der Waals surface area (Å²) in [5.41, 5.74) is 4.96. The number of halogens is 1. The van der Waals surface area contributed by atoms with Gasteiger partial charge in [-0.05, 0) is 37.1 Å². The minimum absolute atomic E-state index is 0.294. The second kappa shape index (κ2) is 5.75. The van der Waals surface area contributed by atoms with Crippen molar-refractivity contribution in [2.75, 3.05) is 6.54 Å². The minimum Gasteiger partial charge on any atom is -0.367 e. The molecule has 6 nitrogen and oxygen atoms in total. The Hall–Kier alpha value is -2.83. The third kappa shape index (κ3) is 2.44. The Labute approximate surface area is 132 Å². The topological polar surface area (TPSA) is 89.2 Å². The summed E-state index contributed by atoms with van der Waals surface area (Å²) in [7, 11) is 0. The standard InChI is InChI=1S/C16H15FN4O2/c17-12-4-2-11(3-5-12)14(22)21-9-1-6-16(21,15(18)23)13-10-19-7-8-20-13/h2-5,7-8,10H,1,6,9H2,(H2,18,23). The van der Waals surface area contributed by atoms with Crippen molar-refractivity contribution >= 4 is 11.8 Å². The maximum Gasteiger partial charge on any atom is 0.255 e. The second-order valence-electron chi connectivity index (χ2n) is 5.38. The quantitative estimate of drug-likeness (QED) is 0.923. The third-order valence-electron chi connectivity index (χ3n) is 4.11. The first-order chi connectivity index (χ1) is 11.1. The Balaban J connectivity index is 2.05. The Bertz CT molecular complexity index is 736. The molecule has 2 heterocycles. The van der Waals surface area contributed by atoms with E-state index >= 15 is 0 Å². The number of carbonyl (C=O) groups excluding carboxylic acids is 2. The lowest BCUT2D eigenvalue weighted by Crippen LogP contribution is -2.54. The molecule has 1 saturated heterocycles. The summed E-state index contributed by atoms with van der Waals surface area (Å²) in [6.45, 7) is 0.371.